The number of pyridine rings is 1. The fourth-order valence-corrected chi connectivity index (χ4v) is 4.21. The van der Waals surface area contributed by atoms with Crippen LogP contribution >= 0.6 is 0 Å². The van der Waals surface area contributed by atoms with Gasteiger partial charge in [0.2, 0.25) is 0 Å². The summed E-state index contributed by atoms with van der Waals surface area (Å²) >= 11 is 0. The van der Waals surface area contributed by atoms with Gasteiger partial charge in [0.1, 0.15) is 0 Å². The van der Waals surface area contributed by atoms with Gasteiger partial charge in [0.05, 0.1) is 11.9 Å². The zero-order chi connectivity index (χ0) is 24.7. The molecule has 0 spiro atoms. The first-order valence-corrected chi connectivity index (χ1v) is 11.9. The van der Waals surface area contributed by atoms with Crippen LogP contribution < -0.4 is 0 Å². The van der Waals surface area contributed by atoms with Crippen molar-refractivity contribution in [3.8, 4) is 11.3 Å². The molecule has 0 amide bonds. The molecule has 1 radical (unpaired) electrons. The van der Waals surface area contributed by atoms with Gasteiger partial charge >= 0.3 is 0 Å². The number of hydrogen-bond acceptors (Lipinski definition) is 3. The van der Waals surface area contributed by atoms with Gasteiger partial charge in [-0.1, -0.05) is 53.7 Å². The van der Waals surface area contributed by atoms with Gasteiger partial charge in [-0.25, -0.2) is 0 Å². The number of rotatable bonds is 6. The summed E-state index contributed by atoms with van der Waals surface area (Å²) < 4.78 is 0. The van der Waals surface area contributed by atoms with E-state index in [1.165, 1.54) is 46.0 Å². The summed E-state index contributed by atoms with van der Waals surface area (Å²) in [5.74, 6) is 1.44. The Kier molecular flexibility index (Phi) is 12.2. The average molecular weight is 639 g/mol. The fraction of sp³-hybridized carbons (Fsp3) is 0.433. The molecule has 0 fully saturated rings. The maximum atomic E-state index is 8.49. The van der Waals surface area contributed by atoms with Gasteiger partial charge in [-0.3, -0.25) is 0 Å². The number of aryl methyl sites for hydroxylation is 2. The minimum atomic E-state index is -0.537. The van der Waals surface area contributed by atoms with E-state index in [1.807, 2.05) is 6.20 Å². The molecule has 3 rings (SSSR count). The molecular weight excluding hydrogens is 599 g/mol. The number of nitrogens with zero attached hydrogens (tertiary/aromatic N) is 1. The topological polar surface area (TPSA) is 53.4 Å². The molecule has 1 heterocycles. The molecule has 34 heavy (non-hydrogen) atoms. The summed E-state index contributed by atoms with van der Waals surface area (Å²) in [4.78, 5) is 4.77. The fourth-order valence-electron chi connectivity index (χ4n) is 4.21. The second-order valence-electron chi connectivity index (χ2n) is 10.0. The molecule has 0 saturated carbocycles. The summed E-state index contributed by atoms with van der Waals surface area (Å²) in [7, 11) is 0. The molecule has 1 atom stereocenters. The minimum Gasteiger partial charge on any atom is -0.513 e. The van der Waals surface area contributed by atoms with Crippen molar-refractivity contribution in [3.63, 3.8) is 0 Å². The van der Waals surface area contributed by atoms with Crippen LogP contribution in [0.1, 0.15) is 63.8 Å². The minimum absolute atomic E-state index is 0. The summed E-state index contributed by atoms with van der Waals surface area (Å²) in [5, 5.41) is 19.5. The normalized spacial score (nSPS) is 12.4. The first kappa shape index (κ1) is 30.0. The van der Waals surface area contributed by atoms with E-state index >= 15 is 0 Å². The van der Waals surface area contributed by atoms with Gasteiger partial charge in [0, 0.05) is 26.3 Å². The Morgan fingerprint density at radius 1 is 0.971 bits per heavy atom. The Bertz CT molecular complexity index is 1080. The molecule has 3 nitrogen and oxygen atoms in total. The van der Waals surface area contributed by atoms with E-state index in [4.69, 9.17) is 15.2 Å². The van der Waals surface area contributed by atoms with E-state index < -0.39 is 6.10 Å². The summed E-state index contributed by atoms with van der Waals surface area (Å²) in [5.41, 5.74) is 7.45. The Morgan fingerprint density at radius 3 is 2.12 bits per heavy atom. The number of aliphatic hydroxyl groups excluding tert-OH is 2. The molecule has 3 aromatic rings. The smallest absolute Gasteiger partial charge is 0.0877 e. The molecule has 0 bridgehead atoms. The van der Waals surface area contributed by atoms with Crippen molar-refractivity contribution >= 4 is 10.8 Å². The van der Waals surface area contributed by atoms with Gasteiger partial charge in [0.15, 0.2) is 0 Å². The van der Waals surface area contributed by atoms with E-state index in [0.717, 1.165) is 24.1 Å². The maximum Gasteiger partial charge on any atom is 0.0877 e. The van der Waals surface area contributed by atoms with Crippen molar-refractivity contribution in [1.82, 2.24) is 4.98 Å². The molecule has 0 aliphatic rings. The zero-order valence-corrected chi connectivity index (χ0v) is 24.3. The van der Waals surface area contributed by atoms with Crippen molar-refractivity contribution in [2.45, 2.75) is 74.3 Å². The third-order valence-electron chi connectivity index (χ3n) is 5.18. The molecule has 0 aliphatic carbocycles. The van der Waals surface area contributed by atoms with E-state index in [1.54, 1.807) is 6.92 Å². The van der Waals surface area contributed by atoms with Crippen LogP contribution in [0.25, 0.3) is 22.0 Å². The number of aliphatic hydroxyl groups is 2. The first-order valence-electron chi connectivity index (χ1n) is 11.9. The SMILES string of the molecule is CC(O)=CC(C)O.Cc1[c-]c(-c2nccc3c(CC(C)C)cc(CC(C)C)cc23)cc(C)c1.[Ir]. The maximum absolute atomic E-state index is 8.49. The Morgan fingerprint density at radius 2 is 1.62 bits per heavy atom. The Balaban J connectivity index is 0.000000633. The number of hydrogen-bond donors (Lipinski definition) is 2. The van der Waals surface area contributed by atoms with Crippen LogP contribution in [0.4, 0.5) is 0 Å². The van der Waals surface area contributed by atoms with Crippen LogP contribution in [0.5, 0.6) is 0 Å². The third kappa shape index (κ3) is 9.33. The van der Waals surface area contributed by atoms with Gasteiger partial charge in [-0.2, -0.15) is 0 Å². The number of allylic oxidation sites excluding steroid dienone is 1. The van der Waals surface area contributed by atoms with Gasteiger partial charge in [-0.05, 0) is 78.3 Å². The van der Waals surface area contributed by atoms with Crippen molar-refractivity contribution in [1.29, 1.82) is 0 Å². The van der Waals surface area contributed by atoms with Gasteiger partial charge < -0.3 is 15.2 Å². The standard InChI is InChI=1S/C25H30N.C5H10O2.Ir/c1-16(2)9-20-14-21(10-17(3)4)23-7-8-26-25(24(23)15-20)22-12-18(5)11-19(6)13-22;1-4(6)3-5(2)7;/h7-8,11-12,14-17H,9-10H2,1-6H3;3-4,6-7H,1-2H3;/q-1;;. The van der Waals surface area contributed by atoms with E-state index in [9.17, 15) is 0 Å². The number of benzene rings is 2. The second kappa shape index (κ2) is 13.8. The number of aromatic nitrogens is 1. The first-order chi connectivity index (χ1) is 15.5. The molecule has 2 aromatic carbocycles. The quantitative estimate of drug-likeness (QED) is 0.217. The third-order valence-corrected chi connectivity index (χ3v) is 5.18. The van der Waals surface area contributed by atoms with Crippen molar-refractivity contribution in [2.75, 3.05) is 0 Å². The van der Waals surface area contributed by atoms with Crippen molar-refractivity contribution < 1.29 is 30.3 Å². The molecule has 0 aliphatic heterocycles. The largest absolute Gasteiger partial charge is 0.513 e. The summed E-state index contributed by atoms with van der Waals surface area (Å²) in [6, 6.07) is 14.8. The summed E-state index contributed by atoms with van der Waals surface area (Å²) in [6.45, 7) is 16.5. The summed E-state index contributed by atoms with van der Waals surface area (Å²) in [6.07, 6.45) is 4.98. The predicted molar refractivity (Wildman–Crippen MR) is 141 cm³/mol. The van der Waals surface area contributed by atoms with E-state index in [0.29, 0.717) is 11.8 Å². The van der Waals surface area contributed by atoms with E-state index in [-0.39, 0.29) is 25.9 Å². The van der Waals surface area contributed by atoms with Crippen LogP contribution in [-0.4, -0.2) is 21.3 Å². The van der Waals surface area contributed by atoms with E-state index in [2.05, 4.69) is 77.9 Å². The Labute approximate surface area is 219 Å². The van der Waals surface area contributed by atoms with Gasteiger partial charge in [-0.15, -0.1) is 34.9 Å². The molecule has 1 aromatic heterocycles. The molecule has 1 unspecified atom stereocenters. The van der Waals surface area contributed by atoms with Crippen LogP contribution in [-0.2, 0) is 32.9 Å². The zero-order valence-electron chi connectivity index (χ0n) is 21.9. The average Bonchev–Trinajstić information content (AvgIpc) is 2.65. The molecular formula is C30H40IrNO2-. The van der Waals surface area contributed by atoms with Crippen LogP contribution in [0, 0.1) is 31.7 Å². The second-order valence-corrected chi connectivity index (χ2v) is 10.0. The van der Waals surface area contributed by atoms with Crippen LogP contribution in [0.15, 0.2) is 48.4 Å². The Hall–Kier alpha value is -2.00. The van der Waals surface area contributed by atoms with Gasteiger partial charge in [0.25, 0.3) is 0 Å². The molecule has 2 N–H and O–H groups in total. The monoisotopic (exact) mass is 639 g/mol. The molecule has 0 saturated heterocycles. The molecule has 187 valence electrons. The predicted octanol–water partition coefficient (Wildman–Crippen LogP) is 7.54. The van der Waals surface area contributed by atoms with Crippen molar-refractivity contribution in [3.05, 3.63) is 76.7 Å². The number of fused-ring (bicyclic) bond motifs is 1. The van der Waals surface area contributed by atoms with Crippen LogP contribution in [0.3, 0.4) is 0 Å². The van der Waals surface area contributed by atoms with Crippen LogP contribution in [0.2, 0.25) is 0 Å². The molecule has 4 heteroatoms. The van der Waals surface area contributed by atoms with Crippen molar-refractivity contribution in [2.24, 2.45) is 11.8 Å².